The van der Waals surface area contributed by atoms with Gasteiger partial charge >= 0.3 is 0 Å². The van der Waals surface area contributed by atoms with Crippen LogP contribution in [0.4, 0.5) is 0 Å². The zero-order chi connectivity index (χ0) is 9.80. The van der Waals surface area contributed by atoms with Gasteiger partial charge in [0.25, 0.3) is 0 Å². The molecular weight excluding hydrogens is 190 g/mol. The Morgan fingerprint density at radius 3 is 2.64 bits per heavy atom. The topological polar surface area (TPSA) is 12.9 Å². The molecule has 0 bridgehead atoms. The van der Waals surface area contributed by atoms with E-state index < -0.39 is 0 Å². The van der Waals surface area contributed by atoms with Crippen LogP contribution in [0.2, 0.25) is 0 Å². The molecule has 2 rings (SSSR count). The third-order valence-electron chi connectivity index (χ3n) is 2.06. The summed E-state index contributed by atoms with van der Waals surface area (Å²) < 4.78 is 4.25. The Hall–Kier alpha value is -1.41. The van der Waals surface area contributed by atoms with Crippen LogP contribution in [-0.2, 0) is 6.42 Å². The van der Waals surface area contributed by atoms with Gasteiger partial charge in [-0.25, -0.2) is 0 Å². The minimum atomic E-state index is 0.880. The second kappa shape index (κ2) is 4.20. The summed E-state index contributed by atoms with van der Waals surface area (Å²) in [5.41, 5.74) is 3.38. The van der Waals surface area contributed by atoms with E-state index in [1.807, 2.05) is 29.6 Å². The zero-order valence-corrected chi connectivity index (χ0v) is 8.63. The summed E-state index contributed by atoms with van der Waals surface area (Å²) in [6, 6.07) is 12.3. The number of aromatic nitrogens is 1. The van der Waals surface area contributed by atoms with Crippen LogP contribution in [-0.4, -0.2) is 4.37 Å². The van der Waals surface area contributed by atoms with Gasteiger partial charge in [0.15, 0.2) is 0 Å². The molecule has 2 heteroatoms. The maximum absolute atomic E-state index is 4.25. The molecule has 0 amide bonds. The van der Waals surface area contributed by atoms with E-state index in [0.29, 0.717) is 0 Å². The fraction of sp³-hybridized carbons (Fsp3) is 0.0833. The first-order valence-corrected chi connectivity index (χ1v) is 5.32. The highest BCUT2D eigenvalue weighted by Crippen LogP contribution is 2.16. The van der Waals surface area contributed by atoms with Gasteiger partial charge in [0.2, 0.25) is 0 Å². The monoisotopic (exact) mass is 201 g/mol. The second-order valence-electron chi connectivity index (χ2n) is 3.15. The first-order chi connectivity index (χ1) is 6.86. The molecule has 0 aliphatic rings. The minimum Gasteiger partial charge on any atom is -0.193 e. The van der Waals surface area contributed by atoms with Crippen LogP contribution in [0.15, 0.2) is 48.4 Å². The van der Waals surface area contributed by atoms with Gasteiger partial charge in [-0.3, -0.25) is 0 Å². The molecule has 0 N–H and O–H groups in total. The normalized spacial score (nSPS) is 10.0. The zero-order valence-electron chi connectivity index (χ0n) is 7.81. The van der Waals surface area contributed by atoms with E-state index in [1.54, 1.807) is 0 Å². The molecular formula is C12H11NS. The van der Waals surface area contributed by atoms with E-state index in [9.17, 15) is 0 Å². The summed E-state index contributed by atoms with van der Waals surface area (Å²) >= 11 is 1.47. The lowest BCUT2D eigenvalue weighted by Crippen LogP contribution is -1.88. The number of hydrogen-bond acceptors (Lipinski definition) is 2. The highest BCUT2D eigenvalue weighted by atomic mass is 32.1. The summed E-state index contributed by atoms with van der Waals surface area (Å²) in [7, 11) is 0. The van der Waals surface area contributed by atoms with Crippen molar-refractivity contribution in [2.75, 3.05) is 0 Å². The Kier molecular flexibility index (Phi) is 2.75. The number of benzene rings is 1. The number of nitrogens with zero attached hydrogens (tertiary/aromatic N) is 1. The minimum absolute atomic E-state index is 0.880. The standard InChI is InChI=1S/C12H11NS/c1-10(12-7-8-14-13-12)9-11-5-3-2-4-6-11/h2-8H,1,9H2. The average molecular weight is 201 g/mol. The highest BCUT2D eigenvalue weighted by Gasteiger charge is 2.01. The Bertz CT molecular complexity index is 403. The molecule has 1 nitrogen and oxygen atoms in total. The molecule has 0 saturated carbocycles. The maximum Gasteiger partial charge on any atom is 0.0797 e. The van der Waals surface area contributed by atoms with E-state index >= 15 is 0 Å². The van der Waals surface area contributed by atoms with Crippen LogP contribution < -0.4 is 0 Å². The van der Waals surface area contributed by atoms with Crippen LogP contribution in [0, 0.1) is 0 Å². The molecule has 1 aromatic heterocycles. The molecule has 0 aliphatic heterocycles. The SMILES string of the molecule is C=C(Cc1ccccc1)c1ccsn1. The fourth-order valence-corrected chi connectivity index (χ4v) is 1.88. The van der Waals surface area contributed by atoms with Crippen LogP contribution in [0.1, 0.15) is 11.3 Å². The average Bonchev–Trinajstić information content (AvgIpc) is 2.72. The molecule has 0 fully saturated rings. The van der Waals surface area contributed by atoms with Crippen molar-refractivity contribution in [3.05, 3.63) is 59.6 Å². The van der Waals surface area contributed by atoms with Crippen LogP contribution >= 0.6 is 11.5 Å². The van der Waals surface area contributed by atoms with Gasteiger partial charge in [-0.15, -0.1) is 0 Å². The molecule has 0 spiro atoms. The van der Waals surface area contributed by atoms with Crippen LogP contribution in [0.5, 0.6) is 0 Å². The quantitative estimate of drug-likeness (QED) is 0.741. The lowest BCUT2D eigenvalue weighted by Gasteiger charge is -2.01. The molecule has 1 aromatic carbocycles. The Morgan fingerprint density at radius 1 is 1.21 bits per heavy atom. The smallest absolute Gasteiger partial charge is 0.0797 e. The third-order valence-corrected chi connectivity index (χ3v) is 2.62. The van der Waals surface area contributed by atoms with E-state index in [-0.39, 0.29) is 0 Å². The van der Waals surface area contributed by atoms with Crippen molar-refractivity contribution in [1.82, 2.24) is 4.37 Å². The summed E-state index contributed by atoms with van der Waals surface area (Å²) in [4.78, 5) is 0. The molecule has 14 heavy (non-hydrogen) atoms. The van der Waals surface area contributed by atoms with Crippen molar-refractivity contribution >= 4 is 17.1 Å². The summed E-state index contributed by atoms with van der Waals surface area (Å²) in [6.45, 7) is 4.04. The number of rotatable bonds is 3. The molecule has 1 heterocycles. The Labute approximate surface area is 87.9 Å². The number of hydrogen-bond donors (Lipinski definition) is 0. The molecule has 2 aromatic rings. The lowest BCUT2D eigenvalue weighted by molar-refractivity contribution is 1.26. The molecule has 0 atom stereocenters. The van der Waals surface area contributed by atoms with E-state index in [2.05, 4.69) is 23.1 Å². The van der Waals surface area contributed by atoms with Crippen molar-refractivity contribution < 1.29 is 0 Å². The van der Waals surface area contributed by atoms with Crippen molar-refractivity contribution in [3.63, 3.8) is 0 Å². The summed E-state index contributed by atoms with van der Waals surface area (Å²) in [6.07, 6.45) is 0.880. The largest absolute Gasteiger partial charge is 0.193 e. The van der Waals surface area contributed by atoms with Gasteiger partial charge in [0.05, 0.1) is 5.69 Å². The molecule has 0 aliphatic carbocycles. The molecule has 0 unspecified atom stereocenters. The summed E-state index contributed by atoms with van der Waals surface area (Å²) in [5, 5.41) is 1.98. The maximum atomic E-state index is 4.25. The van der Waals surface area contributed by atoms with Crippen LogP contribution in [0.3, 0.4) is 0 Å². The predicted molar refractivity (Wildman–Crippen MR) is 61.3 cm³/mol. The predicted octanol–water partition coefficient (Wildman–Crippen LogP) is 3.40. The van der Waals surface area contributed by atoms with Gasteiger partial charge in [-0.1, -0.05) is 36.9 Å². The van der Waals surface area contributed by atoms with Gasteiger partial charge in [-0.2, -0.15) is 4.37 Å². The van der Waals surface area contributed by atoms with Crippen molar-refractivity contribution in [3.8, 4) is 0 Å². The van der Waals surface area contributed by atoms with Gasteiger partial charge in [0, 0.05) is 5.38 Å². The lowest BCUT2D eigenvalue weighted by atomic mass is 10.0. The van der Waals surface area contributed by atoms with Gasteiger partial charge in [-0.05, 0) is 35.2 Å². The molecule has 0 radical (unpaired) electrons. The highest BCUT2D eigenvalue weighted by molar-refractivity contribution is 7.03. The number of allylic oxidation sites excluding steroid dienone is 1. The second-order valence-corrected chi connectivity index (χ2v) is 3.82. The Balaban J connectivity index is 2.10. The fourth-order valence-electron chi connectivity index (χ4n) is 1.33. The summed E-state index contributed by atoms with van der Waals surface area (Å²) in [5.74, 6) is 0. The first kappa shape index (κ1) is 9.16. The van der Waals surface area contributed by atoms with E-state index in [4.69, 9.17) is 0 Å². The first-order valence-electron chi connectivity index (χ1n) is 4.49. The molecule has 0 saturated heterocycles. The molecule has 70 valence electrons. The van der Waals surface area contributed by atoms with E-state index in [0.717, 1.165) is 17.7 Å². The van der Waals surface area contributed by atoms with Crippen molar-refractivity contribution in [1.29, 1.82) is 0 Å². The van der Waals surface area contributed by atoms with Gasteiger partial charge < -0.3 is 0 Å². The Morgan fingerprint density at radius 2 is 2.00 bits per heavy atom. The van der Waals surface area contributed by atoms with Gasteiger partial charge in [0.1, 0.15) is 0 Å². The van der Waals surface area contributed by atoms with Crippen molar-refractivity contribution in [2.45, 2.75) is 6.42 Å². The van der Waals surface area contributed by atoms with E-state index in [1.165, 1.54) is 17.1 Å². The third kappa shape index (κ3) is 2.09. The van der Waals surface area contributed by atoms with Crippen molar-refractivity contribution in [2.24, 2.45) is 0 Å². The van der Waals surface area contributed by atoms with Crippen LogP contribution in [0.25, 0.3) is 5.57 Å².